The number of hydrogen-bond donors (Lipinski definition) is 1. The molecular formula is C21H24N4O. The van der Waals surface area contributed by atoms with Crippen LogP contribution in [0.25, 0.3) is 16.6 Å². The maximum Gasteiger partial charge on any atom is 0.267 e. The lowest BCUT2D eigenvalue weighted by Gasteiger charge is -2.19. The molecule has 26 heavy (non-hydrogen) atoms. The number of nitrogens with zero attached hydrogens (tertiary/aromatic N) is 3. The Morgan fingerprint density at radius 1 is 1.12 bits per heavy atom. The molecular weight excluding hydrogens is 324 g/mol. The molecule has 5 nitrogen and oxygen atoms in total. The molecule has 0 aliphatic rings. The molecule has 0 atom stereocenters. The highest BCUT2D eigenvalue weighted by atomic mass is 16.1. The van der Waals surface area contributed by atoms with Crippen molar-refractivity contribution in [2.24, 2.45) is 10.5 Å². The van der Waals surface area contributed by atoms with Gasteiger partial charge in [-0.25, -0.2) is 15.0 Å². The number of fused-ring (bicyclic) bond motifs is 1. The molecule has 0 bridgehead atoms. The van der Waals surface area contributed by atoms with Crippen molar-refractivity contribution < 1.29 is 0 Å². The van der Waals surface area contributed by atoms with Crippen LogP contribution >= 0.6 is 0 Å². The minimum absolute atomic E-state index is 0.0711. The second-order valence-electron chi connectivity index (χ2n) is 7.49. The Hall–Kier alpha value is -2.95. The second kappa shape index (κ2) is 6.75. The Labute approximate surface area is 153 Å². The molecule has 0 aliphatic heterocycles. The van der Waals surface area contributed by atoms with E-state index in [2.05, 4.69) is 36.3 Å². The number of aryl methyl sites for hydroxylation is 1. The van der Waals surface area contributed by atoms with E-state index in [0.717, 1.165) is 17.0 Å². The minimum atomic E-state index is -0.118. The summed E-state index contributed by atoms with van der Waals surface area (Å²) in [5.41, 5.74) is 6.23. The molecule has 3 rings (SSSR count). The molecule has 0 saturated heterocycles. The van der Waals surface area contributed by atoms with E-state index in [-0.39, 0.29) is 11.0 Å². The first-order valence-electron chi connectivity index (χ1n) is 8.67. The van der Waals surface area contributed by atoms with Gasteiger partial charge in [-0.3, -0.25) is 4.79 Å². The number of nitrogens with one attached hydrogen (secondary N) is 1. The quantitative estimate of drug-likeness (QED) is 0.559. The lowest BCUT2D eigenvalue weighted by molar-refractivity contribution is 0.586. The molecule has 1 heterocycles. The molecule has 3 aromatic rings. The van der Waals surface area contributed by atoms with Crippen molar-refractivity contribution >= 4 is 22.6 Å². The fourth-order valence-electron chi connectivity index (χ4n) is 2.52. The average molecular weight is 348 g/mol. The first-order chi connectivity index (χ1) is 12.3. The van der Waals surface area contributed by atoms with Crippen LogP contribution in [0.1, 0.15) is 33.3 Å². The van der Waals surface area contributed by atoms with E-state index in [1.165, 1.54) is 0 Å². The van der Waals surface area contributed by atoms with Gasteiger partial charge in [-0.15, -0.1) is 0 Å². The lowest BCUT2D eigenvalue weighted by atomic mass is 9.91. The number of para-hydroxylation sites is 1. The van der Waals surface area contributed by atoms with Crippen LogP contribution in [0, 0.1) is 12.3 Å². The van der Waals surface area contributed by atoms with E-state index in [0.29, 0.717) is 16.9 Å². The third-order valence-corrected chi connectivity index (χ3v) is 4.44. The molecule has 0 unspecified atom stereocenters. The van der Waals surface area contributed by atoms with Gasteiger partial charge in [0.1, 0.15) is 0 Å². The monoisotopic (exact) mass is 348 g/mol. The fraction of sp³-hybridized carbons (Fsp3) is 0.286. The molecule has 5 heteroatoms. The Morgan fingerprint density at radius 3 is 2.54 bits per heavy atom. The Balaban J connectivity index is 2.23. The van der Waals surface area contributed by atoms with Crippen LogP contribution < -0.4 is 11.0 Å². The van der Waals surface area contributed by atoms with E-state index in [4.69, 9.17) is 0 Å². The lowest BCUT2D eigenvalue weighted by Crippen LogP contribution is -2.24. The summed E-state index contributed by atoms with van der Waals surface area (Å²) >= 11 is 0. The summed E-state index contributed by atoms with van der Waals surface area (Å²) in [6.07, 6.45) is 0. The zero-order valence-corrected chi connectivity index (χ0v) is 15.9. The first-order valence-corrected chi connectivity index (χ1v) is 8.67. The van der Waals surface area contributed by atoms with Crippen molar-refractivity contribution in [3.05, 3.63) is 64.4 Å². The number of benzene rings is 2. The molecule has 0 amide bonds. The predicted octanol–water partition coefficient (Wildman–Crippen LogP) is 4.53. The molecule has 0 spiro atoms. The zero-order valence-electron chi connectivity index (χ0n) is 15.9. The normalized spacial score (nSPS) is 12.4. The zero-order chi connectivity index (χ0) is 18.9. The molecule has 1 N–H and O–H groups in total. The summed E-state index contributed by atoms with van der Waals surface area (Å²) < 4.78 is 1.58. The number of anilines is 1. The van der Waals surface area contributed by atoms with E-state index in [1.54, 1.807) is 10.6 Å². The van der Waals surface area contributed by atoms with Crippen LogP contribution in [0.3, 0.4) is 0 Å². The van der Waals surface area contributed by atoms with Gasteiger partial charge in [0.05, 0.1) is 16.6 Å². The van der Waals surface area contributed by atoms with Gasteiger partial charge in [-0.05, 0) is 43.7 Å². The first kappa shape index (κ1) is 17.9. The SMILES string of the molecule is C/C(=N/Nc1nc2ccccc2c(=O)n1-c1cccc(C)c1)C(C)(C)C. The highest BCUT2D eigenvalue weighted by Crippen LogP contribution is 2.19. The molecule has 1 aromatic heterocycles. The van der Waals surface area contributed by atoms with Gasteiger partial charge in [0.2, 0.25) is 5.95 Å². The summed E-state index contributed by atoms with van der Waals surface area (Å²) in [4.78, 5) is 17.8. The van der Waals surface area contributed by atoms with Gasteiger partial charge in [0.15, 0.2) is 0 Å². The highest BCUT2D eigenvalue weighted by Gasteiger charge is 2.16. The average Bonchev–Trinajstić information content (AvgIpc) is 2.59. The van der Waals surface area contributed by atoms with E-state index >= 15 is 0 Å². The minimum Gasteiger partial charge on any atom is -0.268 e. The van der Waals surface area contributed by atoms with Crippen molar-refractivity contribution in [3.8, 4) is 5.69 Å². The number of hydrogen-bond acceptors (Lipinski definition) is 4. The van der Waals surface area contributed by atoms with Crippen LogP contribution in [-0.2, 0) is 0 Å². The molecule has 134 valence electrons. The standard InChI is InChI=1S/C21H24N4O/c1-14-9-8-10-16(13-14)25-19(26)17-11-6-7-12-18(17)22-20(25)24-23-15(2)21(3,4)5/h6-13H,1-5H3,(H,22,24)/b23-15-. The Kier molecular flexibility index (Phi) is 4.64. The number of hydrazone groups is 1. The molecule has 0 fully saturated rings. The van der Waals surface area contributed by atoms with Gasteiger partial charge < -0.3 is 0 Å². The van der Waals surface area contributed by atoms with Gasteiger partial charge >= 0.3 is 0 Å². The maximum absolute atomic E-state index is 13.1. The van der Waals surface area contributed by atoms with Crippen LogP contribution in [-0.4, -0.2) is 15.3 Å². The number of aromatic nitrogens is 2. The van der Waals surface area contributed by atoms with Gasteiger partial charge in [-0.1, -0.05) is 45.0 Å². The fourth-order valence-corrected chi connectivity index (χ4v) is 2.52. The maximum atomic E-state index is 13.1. The Bertz CT molecular complexity index is 1040. The summed E-state index contributed by atoms with van der Waals surface area (Å²) in [5, 5.41) is 5.05. The smallest absolute Gasteiger partial charge is 0.267 e. The van der Waals surface area contributed by atoms with E-state index in [9.17, 15) is 4.79 Å². The van der Waals surface area contributed by atoms with Crippen molar-refractivity contribution in [2.45, 2.75) is 34.6 Å². The van der Waals surface area contributed by atoms with Gasteiger partial charge in [-0.2, -0.15) is 5.10 Å². The van der Waals surface area contributed by atoms with Crippen LogP contribution in [0.5, 0.6) is 0 Å². The Morgan fingerprint density at radius 2 is 1.85 bits per heavy atom. The molecule has 0 radical (unpaired) electrons. The van der Waals surface area contributed by atoms with Crippen LogP contribution in [0.2, 0.25) is 0 Å². The van der Waals surface area contributed by atoms with E-state index < -0.39 is 0 Å². The van der Waals surface area contributed by atoms with Gasteiger partial charge in [0.25, 0.3) is 5.56 Å². The molecule has 2 aromatic carbocycles. The molecule has 0 aliphatic carbocycles. The third-order valence-electron chi connectivity index (χ3n) is 4.44. The largest absolute Gasteiger partial charge is 0.268 e. The topological polar surface area (TPSA) is 59.3 Å². The van der Waals surface area contributed by atoms with Gasteiger partial charge in [0, 0.05) is 11.1 Å². The molecule has 0 saturated carbocycles. The van der Waals surface area contributed by atoms with Crippen molar-refractivity contribution in [2.75, 3.05) is 5.43 Å². The summed E-state index contributed by atoms with van der Waals surface area (Å²) in [5.74, 6) is 0.405. The van der Waals surface area contributed by atoms with Crippen LogP contribution in [0.15, 0.2) is 58.4 Å². The second-order valence-corrected chi connectivity index (χ2v) is 7.49. The van der Waals surface area contributed by atoms with Crippen molar-refractivity contribution in [3.63, 3.8) is 0 Å². The number of rotatable bonds is 3. The predicted molar refractivity (Wildman–Crippen MR) is 108 cm³/mol. The third kappa shape index (κ3) is 3.52. The van der Waals surface area contributed by atoms with Crippen molar-refractivity contribution in [1.82, 2.24) is 9.55 Å². The summed E-state index contributed by atoms with van der Waals surface area (Å²) in [7, 11) is 0. The summed E-state index contributed by atoms with van der Waals surface area (Å²) in [6.45, 7) is 10.2. The highest BCUT2D eigenvalue weighted by molar-refractivity contribution is 5.87. The summed E-state index contributed by atoms with van der Waals surface area (Å²) in [6, 6.07) is 15.1. The van der Waals surface area contributed by atoms with Crippen molar-refractivity contribution in [1.29, 1.82) is 0 Å². The van der Waals surface area contributed by atoms with E-state index in [1.807, 2.05) is 56.3 Å². The van der Waals surface area contributed by atoms with Crippen LogP contribution in [0.4, 0.5) is 5.95 Å².